The van der Waals surface area contributed by atoms with E-state index < -0.39 is 0 Å². The zero-order valence-corrected chi connectivity index (χ0v) is 18.8. The Hall–Kier alpha value is -3.42. The van der Waals surface area contributed by atoms with Gasteiger partial charge in [-0.1, -0.05) is 36.4 Å². The predicted molar refractivity (Wildman–Crippen MR) is 129 cm³/mol. The summed E-state index contributed by atoms with van der Waals surface area (Å²) in [6.07, 6.45) is 3.63. The van der Waals surface area contributed by atoms with E-state index in [1.54, 1.807) is 18.0 Å². The number of aromatic nitrogens is 3. The molecule has 33 heavy (non-hydrogen) atoms. The number of carbonyl (C=O) groups excluding carboxylic acids is 1. The number of benzene rings is 2. The second-order valence-corrected chi connectivity index (χ2v) is 9.09. The van der Waals surface area contributed by atoms with Gasteiger partial charge in [0.2, 0.25) is 0 Å². The molecule has 1 fully saturated rings. The second-order valence-electron chi connectivity index (χ2n) is 8.07. The van der Waals surface area contributed by atoms with E-state index in [-0.39, 0.29) is 5.91 Å². The molecule has 6 rings (SSSR count). The SMILES string of the molecule is O=C(c1nn(-c2cccc(-c3cccnc3)c2)c2c1CSc1ccccc1-2)N1CCOCC1. The Balaban J connectivity index is 1.52. The Morgan fingerprint density at radius 2 is 1.82 bits per heavy atom. The van der Waals surface area contributed by atoms with Gasteiger partial charge in [0.05, 0.1) is 24.6 Å². The molecule has 0 unspecified atom stereocenters. The van der Waals surface area contributed by atoms with Gasteiger partial charge in [-0.25, -0.2) is 4.68 Å². The highest BCUT2D eigenvalue weighted by Gasteiger charge is 2.31. The minimum absolute atomic E-state index is 0.0169. The van der Waals surface area contributed by atoms with Crippen molar-refractivity contribution in [1.82, 2.24) is 19.7 Å². The van der Waals surface area contributed by atoms with Crippen LogP contribution in [0.4, 0.5) is 0 Å². The summed E-state index contributed by atoms with van der Waals surface area (Å²) in [5.41, 5.74) is 6.69. The summed E-state index contributed by atoms with van der Waals surface area (Å²) < 4.78 is 7.39. The average molecular weight is 455 g/mol. The van der Waals surface area contributed by atoms with Gasteiger partial charge in [0.25, 0.3) is 5.91 Å². The van der Waals surface area contributed by atoms with E-state index in [9.17, 15) is 4.79 Å². The monoisotopic (exact) mass is 454 g/mol. The molecule has 4 aromatic rings. The first-order valence-electron chi connectivity index (χ1n) is 11.0. The Morgan fingerprint density at radius 3 is 2.67 bits per heavy atom. The van der Waals surface area contributed by atoms with Crippen LogP contribution in [0.2, 0.25) is 0 Å². The maximum Gasteiger partial charge on any atom is 0.274 e. The molecule has 4 heterocycles. The number of pyridine rings is 1. The number of hydrogen-bond donors (Lipinski definition) is 0. The van der Waals surface area contributed by atoms with E-state index in [4.69, 9.17) is 9.84 Å². The molecule has 1 saturated heterocycles. The standard InChI is InChI=1S/C26H22N4O2S/c31-26(29-11-13-32-14-12-29)24-22-17-33-23-9-2-1-8-21(23)25(22)30(28-24)20-7-3-5-18(15-20)19-6-4-10-27-16-19/h1-10,15-16H,11-14,17H2. The number of thioether (sulfide) groups is 1. The summed E-state index contributed by atoms with van der Waals surface area (Å²) in [6.45, 7) is 2.33. The fourth-order valence-electron chi connectivity index (χ4n) is 4.43. The summed E-state index contributed by atoms with van der Waals surface area (Å²) in [6, 6.07) is 20.6. The van der Waals surface area contributed by atoms with E-state index in [2.05, 4.69) is 35.3 Å². The third-order valence-corrected chi connectivity index (χ3v) is 7.18. The lowest BCUT2D eigenvalue weighted by Crippen LogP contribution is -2.41. The van der Waals surface area contributed by atoms with Crippen molar-refractivity contribution in [1.29, 1.82) is 0 Å². The van der Waals surface area contributed by atoms with E-state index in [1.807, 2.05) is 46.1 Å². The highest BCUT2D eigenvalue weighted by Crippen LogP contribution is 2.44. The lowest BCUT2D eigenvalue weighted by Gasteiger charge is -2.26. The third-order valence-electron chi connectivity index (χ3n) is 6.08. The van der Waals surface area contributed by atoms with Crippen LogP contribution < -0.4 is 0 Å². The van der Waals surface area contributed by atoms with Crippen LogP contribution in [-0.2, 0) is 10.5 Å². The number of rotatable bonds is 3. The summed E-state index contributed by atoms with van der Waals surface area (Å²) in [5.74, 6) is 0.705. The van der Waals surface area contributed by atoms with Crippen LogP contribution in [0.25, 0.3) is 28.1 Å². The van der Waals surface area contributed by atoms with Crippen molar-refractivity contribution in [2.45, 2.75) is 10.6 Å². The van der Waals surface area contributed by atoms with Crippen LogP contribution in [0, 0.1) is 0 Å². The van der Waals surface area contributed by atoms with Gasteiger partial charge in [-0.2, -0.15) is 5.10 Å². The van der Waals surface area contributed by atoms with Crippen molar-refractivity contribution in [3.63, 3.8) is 0 Å². The molecule has 2 aromatic carbocycles. The van der Waals surface area contributed by atoms with Gasteiger partial charge < -0.3 is 9.64 Å². The highest BCUT2D eigenvalue weighted by molar-refractivity contribution is 7.98. The number of morpholine rings is 1. The van der Waals surface area contributed by atoms with Gasteiger partial charge in [-0.15, -0.1) is 11.8 Å². The number of nitrogens with zero attached hydrogens (tertiary/aromatic N) is 4. The van der Waals surface area contributed by atoms with Crippen molar-refractivity contribution in [3.8, 4) is 28.1 Å². The lowest BCUT2D eigenvalue weighted by atomic mass is 10.0. The largest absolute Gasteiger partial charge is 0.378 e. The van der Waals surface area contributed by atoms with Crippen LogP contribution in [-0.4, -0.2) is 51.9 Å². The van der Waals surface area contributed by atoms with Gasteiger partial charge in [0.15, 0.2) is 5.69 Å². The summed E-state index contributed by atoms with van der Waals surface area (Å²) in [5, 5.41) is 4.93. The molecule has 0 saturated carbocycles. The number of carbonyl (C=O) groups is 1. The summed E-state index contributed by atoms with van der Waals surface area (Å²) >= 11 is 1.76. The molecule has 0 N–H and O–H groups in total. The first kappa shape index (κ1) is 20.2. The molecule has 2 aromatic heterocycles. The fraction of sp³-hybridized carbons (Fsp3) is 0.192. The van der Waals surface area contributed by atoms with Gasteiger partial charge in [0, 0.05) is 52.8 Å². The van der Waals surface area contributed by atoms with E-state index in [1.165, 1.54) is 4.90 Å². The van der Waals surface area contributed by atoms with Crippen molar-refractivity contribution in [2.75, 3.05) is 26.3 Å². The summed E-state index contributed by atoms with van der Waals surface area (Å²) in [7, 11) is 0. The lowest BCUT2D eigenvalue weighted by molar-refractivity contribution is 0.0298. The second kappa shape index (κ2) is 8.50. The number of ether oxygens (including phenoxy) is 1. The van der Waals surface area contributed by atoms with Crippen LogP contribution in [0.15, 0.2) is 78.0 Å². The van der Waals surface area contributed by atoms with Crippen molar-refractivity contribution in [3.05, 3.63) is 84.3 Å². The average Bonchev–Trinajstić information content (AvgIpc) is 3.30. The molecule has 0 bridgehead atoms. The highest BCUT2D eigenvalue weighted by atomic mass is 32.2. The van der Waals surface area contributed by atoms with Crippen LogP contribution in [0.3, 0.4) is 0 Å². The summed E-state index contributed by atoms with van der Waals surface area (Å²) in [4.78, 5) is 20.8. The molecular formula is C26H22N4O2S. The normalized spacial score (nSPS) is 15.1. The predicted octanol–water partition coefficient (Wildman–Crippen LogP) is 4.68. The molecule has 2 aliphatic rings. The molecule has 164 valence electrons. The van der Waals surface area contributed by atoms with Crippen molar-refractivity contribution < 1.29 is 9.53 Å². The van der Waals surface area contributed by atoms with Gasteiger partial charge in [-0.3, -0.25) is 9.78 Å². The van der Waals surface area contributed by atoms with Gasteiger partial charge in [-0.05, 0) is 29.8 Å². The maximum atomic E-state index is 13.5. The van der Waals surface area contributed by atoms with Crippen molar-refractivity contribution >= 4 is 17.7 Å². The molecular weight excluding hydrogens is 432 g/mol. The molecule has 1 amide bonds. The van der Waals surface area contributed by atoms with Crippen molar-refractivity contribution in [2.24, 2.45) is 0 Å². The molecule has 7 heteroatoms. The Morgan fingerprint density at radius 1 is 0.970 bits per heavy atom. The zero-order valence-electron chi connectivity index (χ0n) is 18.0. The Kier molecular flexibility index (Phi) is 5.20. The zero-order chi connectivity index (χ0) is 22.2. The minimum Gasteiger partial charge on any atom is -0.378 e. The first-order chi connectivity index (χ1) is 16.3. The van der Waals surface area contributed by atoms with E-state index >= 15 is 0 Å². The quantitative estimate of drug-likeness (QED) is 0.450. The number of amides is 1. The minimum atomic E-state index is -0.0169. The fourth-order valence-corrected chi connectivity index (χ4v) is 5.50. The maximum absolute atomic E-state index is 13.5. The van der Waals surface area contributed by atoms with Crippen LogP contribution in [0.5, 0.6) is 0 Å². The van der Waals surface area contributed by atoms with Crippen LogP contribution >= 0.6 is 11.8 Å². The third kappa shape index (κ3) is 3.63. The van der Waals surface area contributed by atoms with E-state index in [0.29, 0.717) is 32.0 Å². The Labute approximate surface area is 196 Å². The number of hydrogen-bond acceptors (Lipinski definition) is 5. The molecule has 0 aliphatic carbocycles. The Bertz CT molecular complexity index is 1330. The molecule has 0 atom stereocenters. The van der Waals surface area contributed by atoms with E-state index in [0.717, 1.165) is 39.4 Å². The molecule has 2 aliphatic heterocycles. The molecule has 6 nitrogen and oxygen atoms in total. The molecule has 0 spiro atoms. The van der Waals surface area contributed by atoms with Gasteiger partial charge in [0.1, 0.15) is 0 Å². The van der Waals surface area contributed by atoms with Gasteiger partial charge >= 0.3 is 0 Å². The topological polar surface area (TPSA) is 60.2 Å². The molecule has 0 radical (unpaired) electrons. The number of fused-ring (bicyclic) bond motifs is 3. The smallest absolute Gasteiger partial charge is 0.274 e. The van der Waals surface area contributed by atoms with Crippen LogP contribution in [0.1, 0.15) is 16.1 Å². The first-order valence-corrected chi connectivity index (χ1v) is 12.0.